The van der Waals surface area contributed by atoms with Crippen LogP contribution >= 0.6 is 15.9 Å². The Morgan fingerprint density at radius 3 is 1.42 bits per heavy atom. The monoisotopic (exact) mass is 434 g/mol. The molecular formula is C19H39BrO2Si2. The minimum atomic E-state index is -1.75. The Morgan fingerprint density at radius 1 is 0.833 bits per heavy atom. The molecule has 0 aromatic carbocycles. The molecule has 24 heavy (non-hydrogen) atoms. The van der Waals surface area contributed by atoms with E-state index in [1.165, 1.54) is 5.57 Å². The molecule has 1 aliphatic carbocycles. The highest BCUT2D eigenvalue weighted by atomic mass is 79.9. The van der Waals surface area contributed by atoms with E-state index in [0.717, 1.165) is 19.3 Å². The van der Waals surface area contributed by atoms with E-state index in [9.17, 15) is 0 Å². The van der Waals surface area contributed by atoms with Crippen LogP contribution in [0.25, 0.3) is 0 Å². The van der Waals surface area contributed by atoms with E-state index in [1.54, 1.807) is 0 Å². The van der Waals surface area contributed by atoms with E-state index in [1.807, 2.05) is 0 Å². The van der Waals surface area contributed by atoms with Gasteiger partial charge in [0.05, 0.1) is 12.2 Å². The zero-order valence-electron chi connectivity index (χ0n) is 17.5. The maximum atomic E-state index is 6.72. The van der Waals surface area contributed by atoms with Crippen LogP contribution in [0.2, 0.25) is 36.3 Å². The van der Waals surface area contributed by atoms with Crippen LogP contribution < -0.4 is 0 Å². The smallest absolute Gasteiger partial charge is 0.192 e. The Kier molecular flexibility index (Phi) is 7.23. The minimum absolute atomic E-state index is 0.249. The summed E-state index contributed by atoms with van der Waals surface area (Å²) in [6.07, 6.45) is 3.68. The van der Waals surface area contributed by atoms with Crippen molar-refractivity contribution >= 4 is 32.6 Å². The quantitative estimate of drug-likeness (QED) is 0.434. The Labute approximate surface area is 161 Å². The Hall–Kier alpha value is 0.574. The molecule has 5 heteroatoms. The van der Waals surface area contributed by atoms with Gasteiger partial charge in [0.1, 0.15) is 0 Å². The third-order valence-corrected chi connectivity index (χ3v) is 15.9. The number of halogens is 1. The van der Waals surface area contributed by atoms with E-state index in [0.29, 0.717) is 12.2 Å². The average Bonchev–Trinajstić information content (AvgIpc) is 2.34. The minimum Gasteiger partial charge on any atom is -0.414 e. The van der Waals surface area contributed by atoms with Crippen molar-refractivity contribution in [3.63, 3.8) is 0 Å². The second-order valence-electron chi connectivity index (χ2n) is 10.4. The highest BCUT2D eigenvalue weighted by molar-refractivity contribution is 9.11. The van der Waals surface area contributed by atoms with E-state index in [-0.39, 0.29) is 10.1 Å². The van der Waals surface area contributed by atoms with Crippen molar-refractivity contribution in [2.45, 2.75) is 109 Å². The van der Waals surface area contributed by atoms with Gasteiger partial charge in [-0.15, -0.1) is 0 Å². The third kappa shape index (κ3) is 5.80. The van der Waals surface area contributed by atoms with Crippen molar-refractivity contribution in [2.24, 2.45) is 0 Å². The molecule has 0 aromatic heterocycles. The van der Waals surface area contributed by atoms with Crippen molar-refractivity contribution in [3.8, 4) is 0 Å². The maximum Gasteiger partial charge on any atom is 0.192 e. The summed E-state index contributed by atoms with van der Waals surface area (Å²) < 4.78 is 13.4. The lowest BCUT2D eigenvalue weighted by Gasteiger charge is -2.45. The van der Waals surface area contributed by atoms with Crippen LogP contribution in [0.5, 0.6) is 0 Å². The van der Waals surface area contributed by atoms with Gasteiger partial charge in [0.2, 0.25) is 0 Å². The second-order valence-corrected chi connectivity index (χ2v) is 20.4. The van der Waals surface area contributed by atoms with Gasteiger partial charge < -0.3 is 8.85 Å². The van der Waals surface area contributed by atoms with Crippen molar-refractivity contribution in [1.29, 1.82) is 0 Å². The van der Waals surface area contributed by atoms with Gasteiger partial charge >= 0.3 is 0 Å². The highest BCUT2D eigenvalue weighted by Crippen LogP contribution is 2.42. The molecular weight excluding hydrogens is 396 g/mol. The summed E-state index contributed by atoms with van der Waals surface area (Å²) in [5, 5.41) is 0.497. The van der Waals surface area contributed by atoms with Gasteiger partial charge in [0.25, 0.3) is 0 Å². The molecule has 0 saturated heterocycles. The van der Waals surface area contributed by atoms with Crippen LogP contribution in [0.3, 0.4) is 0 Å². The molecule has 0 radical (unpaired) electrons. The second kappa shape index (κ2) is 7.67. The normalized spacial score (nSPS) is 24.2. The molecule has 1 saturated carbocycles. The van der Waals surface area contributed by atoms with Crippen LogP contribution in [-0.2, 0) is 8.85 Å². The SMILES string of the molecule is CC(C)(C)[Si](C)(C)OC1CC(=CBr)CC(O[Si](C)(C)C(C)(C)C)C1. The highest BCUT2D eigenvalue weighted by Gasteiger charge is 2.43. The fraction of sp³-hybridized carbons (Fsp3) is 0.895. The standard InChI is InChI=1S/C19H39BrO2Si2/c1-18(2,3)23(7,8)21-16-11-15(14-20)12-17(13-16)22-24(9,10)19(4,5)6/h14,16-17H,11-13H2,1-10H3. The molecule has 0 bridgehead atoms. The lowest BCUT2D eigenvalue weighted by Crippen LogP contribution is -2.48. The molecule has 0 aliphatic heterocycles. The predicted molar refractivity (Wildman–Crippen MR) is 115 cm³/mol. The molecule has 1 aliphatic rings. The first-order chi connectivity index (χ1) is 10.6. The first-order valence-electron chi connectivity index (χ1n) is 9.23. The summed E-state index contributed by atoms with van der Waals surface area (Å²) in [6.45, 7) is 23.3. The largest absolute Gasteiger partial charge is 0.414 e. The molecule has 0 aromatic rings. The zero-order chi connectivity index (χ0) is 19.0. The summed E-state index contributed by atoms with van der Waals surface area (Å²) in [5.74, 6) is 0. The number of rotatable bonds is 4. The third-order valence-electron chi connectivity index (χ3n) is 6.19. The van der Waals surface area contributed by atoms with Crippen LogP contribution in [0, 0.1) is 0 Å². The summed E-state index contributed by atoms with van der Waals surface area (Å²) in [6, 6.07) is 0. The number of hydrogen-bond acceptors (Lipinski definition) is 2. The van der Waals surface area contributed by atoms with Gasteiger partial charge in [-0.25, -0.2) is 0 Å². The predicted octanol–water partition coefficient (Wildman–Crippen LogP) is 7.23. The van der Waals surface area contributed by atoms with Crippen LogP contribution in [-0.4, -0.2) is 28.8 Å². The maximum absolute atomic E-state index is 6.72. The molecule has 0 amide bonds. The summed E-state index contributed by atoms with van der Waals surface area (Å²) in [7, 11) is -3.49. The molecule has 1 fully saturated rings. The van der Waals surface area contributed by atoms with Gasteiger partial charge in [-0.2, -0.15) is 0 Å². The van der Waals surface area contributed by atoms with Crippen LogP contribution in [0.15, 0.2) is 10.6 Å². The molecule has 2 nitrogen and oxygen atoms in total. The molecule has 2 unspecified atom stereocenters. The number of hydrogen-bond donors (Lipinski definition) is 0. The molecule has 0 N–H and O–H groups in total. The lowest BCUT2D eigenvalue weighted by atomic mass is 9.91. The molecule has 142 valence electrons. The van der Waals surface area contributed by atoms with Crippen LogP contribution in [0.4, 0.5) is 0 Å². The van der Waals surface area contributed by atoms with Gasteiger partial charge in [-0.1, -0.05) is 63.0 Å². The Morgan fingerprint density at radius 2 is 1.17 bits per heavy atom. The Balaban J connectivity index is 2.88. The van der Waals surface area contributed by atoms with E-state index < -0.39 is 16.6 Å². The fourth-order valence-corrected chi connectivity index (χ4v) is 5.69. The van der Waals surface area contributed by atoms with Gasteiger partial charge in [-0.05, 0) is 60.5 Å². The fourth-order valence-electron chi connectivity index (χ4n) is 2.58. The van der Waals surface area contributed by atoms with Crippen LogP contribution in [0.1, 0.15) is 60.8 Å². The Bertz CT molecular complexity index is 421. The van der Waals surface area contributed by atoms with Gasteiger partial charge in [-0.3, -0.25) is 0 Å². The summed E-state index contributed by atoms with van der Waals surface area (Å²) >= 11 is 3.55. The van der Waals surface area contributed by atoms with E-state index in [4.69, 9.17) is 8.85 Å². The first kappa shape index (κ1) is 22.6. The topological polar surface area (TPSA) is 18.5 Å². The van der Waals surface area contributed by atoms with Crippen molar-refractivity contribution in [2.75, 3.05) is 0 Å². The van der Waals surface area contributed by atoms with Crippen molar-refractivity contribution < 1.29 is 8.85 Å². The van der Waals surface area contributed by atoms with Crippen molar-refractivity contribution in [3.05, 3.63) is 10.6 Å². The average molecular weight is 436 g/mol. The zero-order valence-corrected chi connectivity index (χ0v) is 21.1. The first-order valence-corrected chi connectivity index (χ1v) is 16.0. The van der Waals surface area contributed by atoms with Gasteiger partial charge in [0, 0.05) is 0 Å². The molecule has 0 spiro atoms. The van der Waals surface area contributed by atoms with Crippen molar-refractivity contribution in [1.82, 2.24) is 0 Å². The molecule has 2 atom stereocenters. The van der Waals surface area contributed by atoms with Gasteiger partial charge in [0.15, 0.2) is 16.6 Å². The lowest BCUT2D eigenvalue weighted by molar-refractivity contribution is 0.0727. The van der Waals surface area contributed by atoms with E-state index in [2.05, 4.69) is 88.6 Å². The van der Waals surface area contributed by atoms with E-state index >= 15 is 0 Å². The molecule has 0 heterocycles. The summed E-state index contributed by atoms with van der Waals surface area (Å²) in [4.78, 5) is 2.09. The summed E-state index contributed by atoms with van der Waals surface area (Å²) in [5.41, 5.74) is 1.42. The molecule has 1 rings (SSSR count).